The van der Waals surface area contributed by atoms with Crippen LogP contribution in [0.3, 0.4) is 0 Å². The van der Waals surface area contributed by atoms with E-state index in [1.165, 1.54) is 13.1 Å². The average Bonchev–Trinajstić information content (AvgIpc) is 2.55. The van der Waals surface area contributed by atoms with E-state index in [-0.39, 0.29) is 36.6 Å². The summed E-state index contributed by atoms with van der Waals surface area (Å²) in [5, 5.41) is 10.2. The van der Waals surface area contributed by atoms with Crippen molar-refractivity contribution >= 4 is 23.6 Å². The highest BCUT2D eigenvalue weighted by Gasteiger charge is 2.20. The predicted molar refractivity (Wildman–Crippen MR) is 89.1 cm³/mol. The normalized spacial score (nSPS) is 24.4. The second-order valence-electron chi connectivity index (χ2n) is 5.45. The minimum atomic E-state index is -0.616. The summed E-state index contributed by atoms with van der Waals surface area (Å²) in [6.45, 7) is 2.06. The number of amides is 4. The first-order valence-corrected chi connectivity index (χ1v) is 7.82. The molecule has 1 heterocycles. The molecule has 132 valence electrons. The van der Waals surface area contributed by atoms with Gasteiger partial charge in [0.1, 0.15) is 0 Å². The van der Waals surface area contributed by atoms with E-state index in [1.807, 2.05) is 0 Å². The molecule has 0 radical (unpaired) electrons. The van der Waals surface area contributed by atoms with Crippen LogP contribution in [-0.2, 0) is 14.4 Å². The largest absolute Gasteiger partial charge is 0.352 e. The van der Waals surface area contributed by atoms with Gasteiger partial charge in [-0.3, -0.25) is 14.4 Å². The van der Waals surface area contributed by atoms with E-state index in [0.29, 0.717) is 13.0 Å². The molecule has 8 nitrogen and oxygen atoms in total. The Bertz CT molecular complexity index is 542. The number of nitrogens with one attached hydrogen (secondary N) is 4. The van der Waals surface area contributed by atoms with Crippen LogP contribution in [0.5, 0.6) is 0 Å². The number of Topliss-reactive ketones (excluding diaryl/α,β-unsaturated/α-hetero) is 1. The SMILES string of the molecule is CNC(=O)NCC(=O)C[C@H]1/C=C/CCNC(=O)/C=C/[C@H](C)NC1=O. The topological polar surface area (TPSA) is 116 Å². The maximum Gasteiger partial charge on any atom is 0.314 e. The Kier molecular flexibility index (Phi) is 8.24. The molecule has 4 N–H and O–H groups in total. The summed E-state index contributed by atoms with van der Waals surface area (Å²) in [5.41, 5.74) is 0. The summed E-state index contributed by atoms with van der Waals surface area (Å²) in [7, 11) is 1.45. The van der Waals surface area contributed by atoms with Crippen molar-refractivity contribution in [2.45, 2.75) is 25.8 Å². The second kappa shape index (κ2) is 10.2. The number of carbonyl (C=O) groups excluding carboxylic acids is 4. The van der Waals surface area contributed by atoms with E-state index in [2.05, 4.69) is 21.3 Å². The Balaban J connectivity index is 2.69. The van der Waals surface area contributed by atoms with Crippen LogP contribution in [-0.4, -0.2) is 49.8 Å². The van der Waals surface area contributed by atoms with Gasteiger partial charge in [-0.2, -0.15) is 0 Å². The molecule has 1 aliphatic heterocycles. The Labute approximate surface area is 141 Å². The van der Waals surface area contributed by atoms with Crippen LogP contribution in [0.25, 0.3) is 0 Å². The maximum absolute atomic E-state index is 12.3. The average molecular weight is 336 g/mol. The van der Waals surface area contributed by atoms with Crippen molar-refractivity contribution in [2.75, 3.05) is 20.1 Å². The van der Waals surface area contributed by atoms with Gasteiger partial charge in [-0.1, -0.05) is 18.2 Å². The molecule has 0 aromatic rings. The van der Waals surface area contributed by atoms with Gasteiger partial charge in [0, 0.05) is 32.1 Å². The first-order valence-electron chi connectivity index (χ1n) is 7.82. The molecular weight excluding hydrogens is 312 g/mol. The molecule has 0 aromatic heterocycles. The zero-order valence-electron chi connectivity index (χ0n) is 13.9. The monoisotopic (exact) mass is 336 g/mol. The smallest absolute Gasteiger partial charge is 0.314 e. The summed E-state index contributed by atoms with van der Waals surface area (Å²) in [4.78, 5) is 46.8. The molecule has 0 saturated carbocycles. The van der Waals surface area contributed by atoms with Gasteiger partial charge in [-0.15, -0.1) is 0 Å². The molecule has 24 heavy (non-hydrogen) atoms. The quantitative estimate of drug-likeness (QED) is 0.524. The minimum Gasteiger partial charge on any atom is -0.352 e. The van der Waals surface area contributed by atoms with E-state index in [4.69, 9.17) is 0 Å². The number of hydrogen-bond donors (Lipinski definition) is 4. The van der Waals surface area contributed by atoms with Crippen LogP contribution in [0.2, 0.25) is 0 Å². The van der Waals surface area contributed by atoms with E-state index in [9.17, 15) is 19.2 Å². The molecule has 0 spiro atoms. The van der Waals surface area contributed by atoms with Gasteiger partial charge in [0.2, 0.25) is 11.8 Å². The van der Waals surface area contributed by atoms with Crippen molar-refractivity contribution in [3.63, 3.8) is 0 Å². The van der Waals surface area contributed by atoms with Gasteiger partial charge in [-0.25, -0.2) is 4.79 Å². The zero-order valence-corrected chi connectivity index (χ0v) is 13.9. The highest BCUT2D eigenvalue weighted by atomic mass is 16.2. The van der Waals surface area contributed by atoms with Crippen molar-refractivity contribution in [2.24, 2.45) is 5.92 Å². The summed E-state index contributed by atoms with van der Waals surface area (Å²) in [5.74, 6) is -1.36. The molecule has 4 amide bonds. The number of ketones is 1. The lowest BCUT2D eigenvalue weighted by Gasteiger charge is -2.16. The number of carbonyl (C=O) groups is 4. The number of urea groups is 1. The molecule has 0 aliphatic carbocycles. The molecule has 2 atom stereocenters. The fourth-order valence-corrected chi connectivity index (χ4v) is 2.04. The molecule has 0 bridgehead atoms. The number of rotatable bonds is 4. The van der Waals surface area contributed by atoms with E-state index < -0.39 is 11.9 Å². The van der Waals surface area contributed by atoms with Crippen LogP contribution in [0.1, 0.15) is 19.8 Å². The summed E-state index contributed by atoms with van der Waals surface area (Å²) >= 11 is 0. The van der Waals surface area contributed by atoms with Crippen LogP contribution >= 0.6 is 0 Å². The van der Waals surface area contributed by atoms with E-state index >= 15 is 0 Å². The molecule has 0 fully saturated rings. The lowest BCUT2D eigenvalue weighted by Crippen LogP contribution is -2.39. The molecule has 1 rings (SSSR count). The Morgan fingerprint density at radius 1 is 1.29 bits per heavy atom. The molecule has 0 aromatic carbocycles. The zero-order chi connectivity index (χ0) is 17.9. The fraction of sp³-hybridized carbons (Fsp3) is 0.500. The highest BCUT2D eigenvalue weighted by Crippen LogP contribution is 2.08. The lowest BCUT2D eigenvalue weighted by atomic mass is 9.99. The standard InChI is InChI=1S/C16H24N4O4/c1-11-6-7-14(22)18-8-4-3-5-12(15(23)20-11)9-13(21)10-19-16(24)17-2/h3,5-7,11-12H,4,8-10H2,1-2H3,(H,18,22)(H,20,23)(H2,17,19,24)/b5-3+,7-6+/t11-,12+/m0/s1. The van der Waals surface area contributed by atoms with Crippen LogP contribution in [0.4, 0.5) is 4.79 Å². The van der Waals surface area contributed by atoms with Gasteiger partial charge in [0.15, 0.2) is 5.78 Å². The van der Waals surface area contributed by atoms with Gasteiger partial charge >= 0.3 is 6.03 Å². The third-order valence-electron chi connectivity index (χ3n) is 3.34. The van der Waals surface area contributed by atoms with Crippen LogP contribution < -0.4 is 21.3 Å². The summed E-state index contributed by atoms with van der Waals surface area (Å²) < 4.78 is 0. The highest BCUT2D eigenvalue weighted by molar-refractivity contribution is 5.91. The van der Waals surface area contributed by atoms with Crippen molar-refractivity contribution < 1.29 is 19.2 Å². The lowest BCUT2D eigenvalue weighted by molar-refractivity contribution is -0.128. The van der Waals surface area contributed by atoms with Crippen LogP contribution in [0.15, 0.2) is 24.3 Å². The number of hydrogen-bond acceptors (Lipinski definition) is 4. The van der Waals surface area contributed by atoms with Gasteiger partial charge in [-0.05, 0) is 13.3 Å². The molecule has 8 heteroatoms. The van der Waals surface area contributed by atoms with Gasteiger partial charge < -0.3 is 21.3 Å². The minimum absolute atomic E-state index is 0.00484. The van der Waals surface area contributed by atoms with Gasteiger partial charge in [0.25, 0.3) is 0 Å². The molecular formula is C16H24N4O4. The Hall–Kier alpha value is -2.64. The molecule has 0 unspecified atom stereocenters. The van der Waals surface area contributed by atoms with Crippen molar-refractivity contribution in [3.8, 4) is 0 Å². The Morgan fingerprint density at radius 3 is 2.75 bits per heavy atom. The molecule has 1 aliphatic rings. The third kappa shape index (κ3) is 7.57. The van der Waals surface area contributed by atoms with Crippen molar-refractivity contribution in [3.05, 3.63) is 24.3 Å². The van der Waals surface area contributed by atoms with Crippen LogP contribution in [0, 0.1) is 5.92 Å². The first-order chi connectivity index (χ1) is 11.4. The third-order valence-corrected chi connectivity index (χ3v) is 3.34. The first kappa shape index (κ1) is 19.4. The van der Waals surface area contributed by atoms with Crippen molar-refractivity contribution in [1.29, 1.82) is 0 Å². The van der Waals surface area contributed by atoms with E-state index in [1.54, 1.807) is 25.2 Å². The molecule has 0 saturated heterocycles. The summed E-state index contributed by atoms with van der Waals surface area (Å²) in [6.07, 6.45) is 6.95. The Morgan fingerprint density at radius 2 is 2.04 bits per heavy atom. The summed E-state index contributed by atoms with van der Waals surface area (Å²) in [6, 6.07) is -0.783. The fourth-order valence-electron chi connectivity index (χ4n) is 2.04. The maximum atomic E-state index is 12.3. The van der Waals surface area contributed by atoms with E-state index in [0.717, 1.165) is 0 Å². The van der Waals surface area contributed by atoms with Crippen molar-refractivity contribution in [1.82, 2.24) is 21.3 Å². The van der Waals surface area contributed by atoms with Gasteiger partial charge in [0.05, 0.1) is 12.5 Å². The predicted octanol–water partition coefficient (Wildman–Crippen LogP) is -0.372. The second-order valence-corrected chi connectivity index (χ2v) is 5.45.